The lowest BCUT2D eigenvalue weighted by molar-refractivity contribution is -0.00118. The van der Waals surface area contributed by atoms with Crippen LogP contribution in [-0.2, 0) is 17.9 Å². The van der Waals surface area contributed by atoms with E-state index in [1.165, 1.54) is 7.11 Å². The van der Waals surface area contributed by atoms with Crippen molar-refractivity contribution in [2.45, 2.75) is 19.3 Å². The van der Waals surface area contributed by atoms with Crippen molar-refractivity contribution in [2.24, 2.45) is 0 Å². The Morgan fingerprint density at radius 1 is 1.21 bits per heavy atom. The first kappa shape index (κ1) is 18.8. The molecule has 144 valence electrons. The molecule has 3 aromatic rings. The highest BCUT2D eigenvalue weighted by molar-refractivity contribution is 6.32. The number of benzene rings is 2. The fourth-order valence-corrected chi connectivity index (χ4v) is 3.44. The Labute approximate surface area is 172 Å². The van der Waals surface area contributed by atoms with Gasteiger partial charge in [-0.3, -0.25) is 9.48 Å². The molecule has 1 aliphatic heterocycles. The smallest absolute Gasteiger partial charge is 0.276 e. The maximum absolute atomic E-state index is 12.6. The molecule has 0 unspecified atom stereocenters. The molecule has 6 nitrogen and oxygen atoms in total. The van der Waals surface area contributed by atoms with Crippen molar-refractivity contribution < 1.29 is 14.3 Å². The van der Waals surface area contributed by atoms with Crippen LogP contribution in [-0.4, -0.2) is 22.8 Å². The number of hydrogen-bond donors (Lipinski definition) is 1. The second-order valence-corrected chi connectivity index (χ2v) is 7.20. The maximum atomic E-state index is 12.6. The van der Waals surface area contributed by atoms with Crippen LogP contribution in [0.15, 0.2) is 48.5 Å². The SMILES string of the molecule is COc1ccc(NC(=O)c2cc3n(n2)C[C@@H](c2ccc(Cl)cc2)OC3)cc1Cl. The van der Waals surface area contributed by atoms with Crippen LogP contribution in [0.4, 0.5) is 5.69 Å². The molecule has 1 aromatic heterocycles. The third kappa shape index (κ3) is 3.85. The van der Waals surface area contributed by atoms with Gasteiger partial charge >= 0.3 is 0 Å². The van der Waals surface area contributed by atoms with Crippen LogP contribution in [0.3, 0.4) is 0 Å². The molecule has 0 saturated carbocycles. The third-order valence-electron chi connectivity index (χ3n) is 4.52. The summed E-state index contributed by atoms with van der Waals surface area (Å²) in [5.74, 6) is 0.230. The van der Waals surface area contributed by atoms with E-state index < -0.39 is 0 Å². The number of anilines is 1. The minimum Gasteiger partial charge on any atom is -0.495 e. The largest absolute Gasteiger partial charge is 0.495 e. The molecule has 1 N–H and O–H groups in total. The number of carbonyl (C=O) groups excluding carboxylic acids is 1. The normalized spacial score (nSPS) is 15.8. The summed E-state index contributed by atoms with van der Waals surface area (Å²) in [6.45, 7) is 0.903. The molecule has 0 saturated heterocycles. The first-order valence-corrected chi connectivity index (χ1v) is 9.38. The van der Waals surface area contributed by atoms with Crippen LogP contribution >= 0.6 is 23.2 Å². The van der Waals surface area contributed by atoms with Crippen molar-refractivity contribution in [3.8, 4) is 5.75 Å². The molecule has 2 heterocycles. The van der Waals surface area contributed by atoms with Gasteiger partial charge in [0.15, 0.2) is 5.69 Å². The molecule has 0 fully saturated rings. The molecule has 4 rings (SSSR count). The first-order chi connectivity index (χ1) is 13.5. The van der Waals surface area contributed by atoms with E-state index in [9.17, 15) is 4.79 Å². The Balaban J connectivity index is 1.48. The molecule has 0 aliphatic carbocycles. The number of ether oxygens (including phenoxy) is 2. The maximum Gasteiger partial charge on any atom is 0.276 e. The minimum atomic E-state index is -0.314. The lowest BCUT2D eigenvalue weighted by Gasteiger charge is -2.24. The first-order valence-electron chi connectivity index (χ1n) is 8.62. The second-order valence-electron chi connectivity index (χ2n) is 6.36. The molecule has 0 bridgehead atoms. The van der Waals surface area contributed by atoms with Gasteiger partial charge in [0, 0.05) is 10.7 Å². The van der Waals surface area contributed by atoms with Gasteiger partial charge in [0.1, 0.15) is 11.9 Å². The standard InChI is InChI=1S/C20H17Cl2N3O3/c1-27-18-7-6-14(8-16(18)22)23-20(26)17-9-15-11-28-19(10-25(15)24-17)12-2-4-13(21)5-3-12/h2-9,19H,10-11H2,1H3,(H,23,26)/t19-/m0/s1. The van der Waals surface area contributed by atoms with Gasteiger partial charge in [0.25, 0.3) is 5.91 Å². The monoisotopic (exact) mass is 417 g/mol. The minimum absolute atomic E-state index is 0.138. The molecule has 28 heavy (non-hydrogen) atoms. The van der Waals surface area contributed by atoms with E-state index >= 15 is 0 Å². The summed E-state index contributed by atoms with van der Waals surface area (Å²) in [6, 6.07) is 14.3. The average Bonchev–Trinajstić information content (AvgIpc) is 3.12. The van der Waals surface area contributed by atoms with Crippen molar-refractivity contribution >= 4 is 34.8 Å². The summed E-state index contributed by atoms with van der Waals surface area (Å²) in [6.07, 6.45) is -0.138. The zero-order valence-electron chi connectivity index (χ0n) is 15.0. The van der Waals surface area contributed by atoms with Crippen molar-refractivity contribution in [3.63, 3.8) is 0 Å². The second kappa shape index (κ2) is 7.83. The van der Waals surface area contributed by atoms with E-state index in [0.717, 1.165) is 11.3 Å². The molecular weight excluding hydrogens is 401 g/mol. The highest BCUT2D eigenvalue weighted by Crippen LogP contribution is 2.29. The number of aromatic nitrogens is 2. The Morgan fingerprint density at radius 2 is 2.00 bits per heavy atom. The zero-order valence-corrected chi connectivity index (χ0v) is 16.5. The van der Waals surface area contributed by atoms with E-state index in [0.29, 0.717) is 40.3 Å². The summed E-state index contributed by atoms with van der Waals surface area (Å²) in [4.78, 5) is 12.6. The van der Waals surface area contributed by atoms with Crippen LogP contribution in [0.25, 0.3) is 0 Å². The van der Waals surface area contributed by atoms with Crippen molar-refractivity contribution in [1.29, 1.82) is 0 Å². The Hall–Kier alpha value is -2.54. The molecule has 2 aromatic carbocycles. The number of rotatable bonds is 4. The topological polar surface area (TPSA) is 65.4 Å². The molecular formula is C20H17Cl2N3O3. The van der Waals surface area contributed by atoms with Crippen LogP contribution < -0.4 is 10.1 Å². The van der Waals surface area contributed by atoms with Gasteiger partial charge in [-0.1, -0.05) is 35.3 Å². The summed E-state index contributed by atoms with van der Waals surface area (Å²) in [5, 5.41) is 8.33. The molecule has 0 radical (unpaired) electrons. The van der Waals surface area contributed by atoms with Gasteiger partial charge in [0.2, 0.25) is 0 Å². The number of amides is 1. The van der Waals surface area contributed by atoms with Crippen molar-refractivity contribution in [1.82, 2.24) is 9.78 Å². The Bertz CT molecular complexity index is 1020. The van der Waals surface area contributed by atoms with Crippen LogP contribution in [0, 0.1) is 0 Å². The van der Waals surface area contributed by atoms with E-state index in [1.54, 1.807) is 28.9 Å². The number of carbonyl (C=O) groups is 1. The molecule has 1 amide bonds. The molecule has 0 spiro atoms. The van der Waals surface area contributed by atoms with E-state index in [2.05, 4.69) is 10.4 Å². The van der Waals surface area contributed by atoms with Crippen molar-refractivity contribution in [3.05, 3.63) is 75.5 Å². The van der Waals surface area contributed by atoms with Gasteiger partial charge in [0.05, 0.1) is 31.0 Å². The highest BCUT2D eigenvalue weighted by atomic mass is 35.5. The van der Waals surface area contributed by atoms with E-state index in [-0.39, 0.29) is 12.0 Å². The predicted octanol–water partition coefficient (Wildman–Crippen LogP) is 4.72. The summed E-state index contributed by atoms with van der Waals surface area (Å²) < 4.78 is 12.8. The quantitative estimate of drug-likeness (QED) is 0.666. The lowest BCUT2D eigenvalue weighted by atomic mass is 10.1. The number of methoxy groups -OCH3 is 1. The van der Waals surface area contributed by atoms with Crippen LogP contribution in [0.5, 0.6) is 5.75 Å². The van der Waals surface area contributed by atoms with E-state index in [4.69, 9.17) is 32.7 Å². The highest BCUT2D eigenvalue weighted by Gasteiger charge is 2.24. The van der Waals surface area contributed by atoms with Crippen molar-refractivity contribution in [2.75, 3.05) is 12.4 Å². The third-order valence-corrected chi connectivity index (χ3v) is 5.07. The van der Waals surface area contributed by atoms with Crippen LogP contribution in [0.2, 0.25) is 10.0 Å². The van der Waals surface area contributed by atoms with Gasteiger partial charge in [-0.25, -0.2) is 0 Å². The number of halogens is 2. The van der Waals surface area contributed by atoms with Gasteiger partial charge in [-0.2, -0.15) is 5.10 Å². The molecule has 1 atom stereocenters. The number of nitrogens with one attached hydrogen (secondary N) is 1. The summed E-state index contributed by atoms with van der Waals surface area (Å²) >= 11 is 12.0. The fraction of sp³-hybridized carbons (Fsp3) is 0.200. The summed E-state index contributed by atoms with van der Waals surface area (Å²) in [7, 11) is 1.54. The summed E-state index contributed by atoms with van der Waals surface area (Å²) in [5.41, 5.74) is 2.76. The molecule has 1 aliphatic rings. The number of hydrogen-bond acceptors (Lipinski definition) is 4. The fourth-order valence-electron chi connectivity index (χ4n) is 3.05. The van der Waals surface area contributed by atoms with Gasteiger partial charge in [-0.15, -0.1) is 0 Å². The van der Waals surface area contributed by atoms with E-state index in [1.807, 2.05) is 24.3 Å². The van der Waals surface area contributed by atoms with Crippen LogP contribution in [0.1, 0.15) is 27.8 Å². The predicted molar refractivity (Wildman–Crippen MR) is 107 cm³/mol. The average molecular weight is 418 g/mol. The zero-order chi connectivity index (χ0) is 19.7. The van der Waals surface area contributed by atoms with Gasteiger partial charge < -0.3 is 14.8 Å². The number of fused-ring (bicyclic) bond motifs is 1. The molecule has 8 heteroatoms. The lowest BCUT2D eigenvalue weighted by Crippen LogP contribution is -2.22. The van der Waals surface area contributed by atoms with Gasteiger partial charge in [-0.05, 0) is 42.0 Å². The Morgan fingerprint density at radius 3 is 2.71 bits per heavy atom. The Kier molecular flexibility index (Phi) is 5.26. The number of nitrogens with zero attached hydrogens (tertiary/aromatic N) is 2.